The van der Waals surface area contributed by atoms with Gasteiger partial charge in [0.15, 0.2) is 11.6 Å². The van der Waals surface area contributed by atoms with Crippen molar-refractivity contribution in [2.24, 2.45) is 5.73 Å². The minimum absolute atomic E-state index is 0.0206. The predicted molar refractivity (Wildman–Crippen MR) is 69.9 cm³/mol. The normalized spacial score (nSPS) is 12.2. The zero-order valence-electron chi connectivity index (χ0n) is 10.9. The summed E-state index contributed by atoms with van der Waals surface area (Å²) in [5.41, 5.74) is 6.16. The average Bonchev–Trinajstić information content (AvgIpc) is 2.43. The Hall–Kier alpha value is -2.01. The SMILES string of the molecule is COc1cccc(CC(N)c2cc(F)ccc2F)c1F. The first-order valence-corrected chi connectivity index (χ1v) is 6.05. The fraction of sp³-hybridized carbons (Fsp3) is 0.200. The monoisotopic (exact) mass is 281 g/mol. The second kappa shape index (κ2) is 5.96. The molecule has 2 aromatic carbocycles. The van der Waals surface area contributed by atoms with Crippen molar-refractivity contribution in [2.45, 2.75) is 12.5 Å². The van der Waals surface area contributed by atoms with Gasteiger partial charge in [0.25, 0.3) is 0 Å². The van der Waals surface area contributed by atoms with E-state index in [0.29, 0.717) is 5.56 Å². The Balaban J connectivity index is 2.28. The maximum Gasteiger partial charge on any atom is 0.168 e. The van der Waals surface area contributed by atoms with Crippen molar-refractivity contribution in [1.29, 1.82) is 0 Å². The third-order valence-electron chi connectivity index (χ3n) is 3.06. The average molecular weight is 281 g/mol. The number of methoxy groups -OCH3 is 1. The first-order valence-electron chi connectivity index (χ1n) is 6.05. The van der Waals surface area contributed by atoms with Gasteiger partial charge in [-0.1, -0.05) is 12.1 Å². The van der Waals surface area contributed by atoms with Crippen molar-refractivity contribution < 1.29 is 17.9 Å². The molecule has 2 aromatic rings. The highest BCUT2D eigenvalue weighted by atomic mass is 19.1. The molecule has 0 saturated carbocycles. The molecule has 0 fully saturated rings. The van der Waals surface area contributed by atoms with Gasteiger partial charge in [0, 0.05) is 11.6 Å². The zero-order valence-corrected chi connectivity index (χ0v) is 10.9. The molecule has 0 aliphatic heterocycles. The largest absolute Gasteiger partial charge is 0.494 e. The highest BCUT2D eigenvalue weighted by molar-refractivity contribution is 5.33. The first kappa shape index (κ1) is 14.4. The molecule has 0 spiro atoms. The van der Waals surface area contributed by atoms with Gasteiger partial charge in [-0.05, 0) is 36.2 Å². The van der Waals surface area contributed by atoms with Gasteiger partial charge >= 0.3 is 0 Å². The lowest BCUT2D eigenvalue weighted by molar-refractivity contribution is 0.383. The molecular weight excluding hydrogens is 267 g/mol. The molecule has 1 unspecified atom stereocenters. The molecule has 2 rings (SSSR count). The van der Waals surface area contributed by atoms with Crippen molar-refractivity contribution in [3.05, 3.63) is 65.0 Å². The van der Waals surface area contributed by atoms with Crippen LogP contribution < -0.4 is 10.5 Å². The second-order valence-corrected chi connectivity index (χ2v) is 4.41. The molecule has 0 aliphatic rings. The van der Waals surface area contributed by atoms with Crippen molar-refractivity contribution in [3.63, 3.8) is 0 Å². The molecule has 0 amide bonds. The van der Waals surface area contributed by atoms with Crippen LogP contribution in [0.2, 0.25) is 0 Å². The molecule has 0 heterocycles. The van der Waals surface area contributed by atoms with Gasteiger partial charge < -0.3 is 10.5 Å². The molecule has 2 N–H and O–H groups in total. The smallest absolute Gasteiger partial charge is 0.168 e. The third kappa shape index (κ3) is 2.93. The molecule has 106 valence electrons. The Morgan fingerprint density at radius 2 is 1.90 bits per heavy atom. The topological polar surface area (TPSA) is 35.2 Å². The highest BCUT2D eigenvalue weighted by Gasteiger charge is 2.16. The van der Waals surface area contributed by atoms with E-state index in [0.717, 1.165) is 18.2 Å². The summed E-state index contributed by atoms with van der Waals surface area (Å²) in [6, 6.07) is 6.84. The summed E-state index contributed by atoms with van der Waals surface area (Å²) in [6.45, 7) is 0. The van der Waals surface area contributed by atoms with E-state index in [1.54, 1.807) is 6.07 Å². The lowest BCUT2D eigenvalue weighted by atomic mass is 9.98. The minimum Gasteiger partial charge on any atom is -0.494 e. The minimum atomic E-state index is -0.840. The van der Waals surface area contributed by atoms with Gasteiger partial charge in [0.2, 0.25) is 0 Å². The molecule has 0 saturated heterocycles. The molecule has 5 heteroatoms. The van der Waals surface area contributed by atoms with Crippen molar-refractivity contribution >= 4 is 0 Å². The summed E-state index contributed by atoms with van der Waals surface area (Å²) >= 11 is 0. The predicted octanol–water partition coefficient (Wildman–Crippen LogP) is 3.36. The Morgan fingerprint density at radius 1 is 1.15 bits per heavy atom. The summed E-state index contributed by atoms with van der Waals surface area (Å²) in [6.07, 6.45) is 0.0450. The number of nitrogens with two attached hydrogens (primary N) is 1. The fourth-order valence-corrected chi connectivity index (χ4v) is 2.02. The van der Waals surface area contributed by atoms with Crippen LogP contribution in [0.5, 0.6) is 5.75 Å². The summed E-state index contributed by atoms with van der Waals surface area (Å²) in [7, 11) is 1.36. The van der Waals surface area contributed by atoms with Gasteiger partial charge in [-0.2, -0.15) is 0 Å². The van der Waals surface area contributed by atoms with Crippen molar-refractivity contribution in [2.75, 3.05) is 7.11 Å². The van der Waals surface area contributed by atoms with Crippen LogP contribution in [-0.4, -0.2) is 7.11 Å². The molecule has 20 heavy (non-hydrogen) atoms. The van der Waals surface area contributed by atoms with Crippen LogP contribution in [-0.2, 0) is 6.42 Å². The van der Waals surface area contributed by atoms with E-state index in [9.17, 15) is 13.2 Å². The Labute approximate surface area is 115 Å². The van der Waals surface area contributed by atoms with Crippen molar-refractivity contribution in [1.82, 2.24) is 0 Å². The van der Waals surface area contributed by atoms with Crippen LogP contribution in [0.15, 0.2) is 36.4 Å². The number of ether oxygens (including phenoxy) is 1. The highest BCUT2D eigenvalue weighted by Crippen LogP contribution is 2.25. The van der Waals surface area contributed by atoms with Crippen LogP contribution in [0.3, 0.4) is 0 Å². The molecule has 2 nitrogen and oxygen atoms in total. The molecule has 0 aromatic heterocycles. The number of benzene rings is 2. The van der Waals surface area contributed by atoms with Crippen LogP contribution in [0.4, 0.5) is 13.2 Å². The van der Waals surface area contributed by atoms with Gasteiger partial charge in [0.05, 0.1) is 7.11 Å². The van der Waals surface area contributed by atoms with E-state index in [-0.39, 0.29) is 17.7 Å². The van der Waals surface area contributed by atoms with Crippen LogP contribution >= 0.6 is 0 Å². The Kier molecular flexibility index (Phi) is 4.29. The Morgan fingerprint density at radius 3 is 2.60 bits per heavy atom. The van der Waals surface area contributed by atoms with Gasteiger partial charge in [0.1, 0.15) is 11.6 Å². The number of rotatable bonds is 4. The number of hydrogen-bond donors (Lipinski definition) is 1. The summed E-state index contributed by atoms with van der Waals surface area (Å²) in [5.74, 6) is -1.64. The van der Waals surface area contributed by atoms with Gasteiger partial charge in [-0.15, -0.1) is 0 Å². The lowest BCUT2D eigenvalue weighted by Gasteiger charge is -2.14. The summed E-state index contributed by atoms with van der Waals surface area (Å²) < 4.78 is 45.6. The van der Waals surface area contributed by atoms with Crippen molar-refractivity contribution in [3.8, 4) is 5.75 Å². The van der Waals surface area contributed by atoms with E-state index in [1.807, 2.05) is 0 Å². The zero-order chi connectivity index (χ0) is 14.7. The quantitative estimate of drug-likeness (QED) is 0.932. The summed E-state index contributed by atoms with van der Waals surface area (Å²) in [4.78, 5) is 0. The van der Waals surface area contributed by atoms with E-state index in [4.69, 9.17) is 10.5 Å². The first-order chi connectivity index (χ1) is 9.52. The number of halogens is 3. The molecule has 0 bridgehead atoms. The van der Waals surface area contributed by atoms with E-state index in [1.165, 1.54) is 19.2 Å². The molecular formula is C15H14F3NO. The van der Waals surface area contributed by atoms with E-state index >= 15 is 0 Å². The molecule has 0 radical (unpaired) electrons. The maximum atomic E-state index is 14.0. The fourth-order valence-electron chi connectivity index (χ4n) is 2.02. The van der Waals surface area contributed by atoms with Crippen LogP contribution in [0.1, 0.15) is 17.2 Å². The van der Waals surface area contributed by atoms with E-state index in [2.05, 4.69) is 0 Å². The third-order valence-corrected chi connectivity index (χ3v) is 3.06. The van der Waals surface area contributed by atoms with Crippen LogP contribution in [0, 0.1) is 17.5 Å². The standard InChI is InChI=1S/C15H14F3NO/c1-20-14-4-2-3-9(15(14)18)7-13(19)11-8-10(16)5-6-12(11)17/h2-6,8,13H,7,19H2,1H3. The lowest BCUT2D eigenvalue weighted by Crippen LogP contribution is -2.16. The Bertz CT molecular complexity index is 616. The van der Waals surface area contributed by atoms with E-state index < -0.39 is 23.5 Å². The maximum absolute atomic E-state index is 14.0. The second-order valence-electron chi connectivity index (χ2n) is 4.41. The number of hydrogen-bond acceptors (Lipinski definition) is 2. The van der Waals surface area contributed by atoms with Gasteiger partial charge in [-0.3, -0.25) is 0 Å². The molecule has 0 aliphatic carbocycles. The summed E-state index contributed by atoms with van der Waals surface area (Å²) in [5, 5.41) is 0. The van der Waals surface area contributed by atoms with Crippen LogP contribution in [0.25, 0.3) is 0 Å². The molecule has 1 atom stereocenters. The van der Waals surface area contributed by atoms with Gasteiger partial charge in [-0.25, -0.2) is 13.2 Å².